The van der Waals surface area contributed by atoms with Crippen LogP contribution < -0.4 is 4.90 Å². The number of anilines is 1. The van der Waals surface area contributed by atoms with Crippen LogP contribution in [-0.4, -0.2) is 47.6 Å². The Bertz CT molecular complexity index is 449. The first kappa shape index (κ1) is 12.6. The Labute approximate surface area is 121 Å². The summed E-state index contributed by atoms with van der Waals surface area (Å²) >= 11 is 0. The number of likely N-dealkylation sites (tertiary alicyclic amines) is 1. The standard InChI is InChI=1S/C16H24N4/c1-7-17-15(18-8-1)20-11-6-16(13-20)4-9-19(10-5-16)12-14-2-3-14/h1,7-8,14H,2-6,9-13H2. The monoisotopic (exact) mass is 272 g/mol. The number of hydrogen-bond donors (Lipinski definition) is 0. The van der Waals surface area contributed by atoms with Crippen molar-refractivity contribution >= 4 is 5.95 Å². The molecule has 1 saturated carbocycles. The zero-order chi connectivity index (χ0) is 13.4. The van der Waals surface area contributed by atoms with E-state index in [1.165, 1.54) is 51.7 Å². The first-order valence-corrected chi connectivity index (χ1v) is 8.07. The van der Waals surface area contributed by atoms with Crippen LogP contribution in [0, 0.1) is 11.3 Å². The fraction of sp³-hybridized carbons (Fsp3) is 0.750. The average molecular weight is 272 g/mol. The van der Waals surface area contributed by atoms with Gasteiger partial charge in [-0.15, -0.1) is 0 Å². The van der Waals surface area contributed by atoms with Crippen LogP contribution in [0.4, 0.5) is 5.95 Å². The number of rotatable bonds is 3. The lowest BCUT2D eigenvalue weighted by Gasteiger charge is -2.39. The van der Waals surface area contributed by atoms with E-state index in [1.54, 1.807) is 0 Å². The highest BCUT2D eigenvalue weighted by molar-refractivity contribution is 5.31. The van der Waals surface area contributed by atoms with Gasteiger partial charge >= 0.3 is 0 Å². The predicted octanol–water partition coefficient (Wildman–Crippen LogP) is 2.18. The summed E-state index contributed by atoms with van der Waals surface area (Å²) in [6.07, 6.45) is 10.7. The van der Waals surface area contributed by atoms with Crippen LogP contribution in [0.5, 0.6) is 0 Å². The van der Waals surface area contributed by atoms with Crippen LogP contribution in [0.1, 0.15) is 32.1 Å². The summed E-state index contributed by atoms with van der Waals surface area (Å²) in [5.41, 5.74) is 0.541. The third-order valence-corrected chi connectivity index (χ3v) is 5.40. The number of piperidine rings is 1. The molecule has 0 atom stereocenters. The highest BCUT2D eigenvalue weighted by atomic mass is 15.3. The van der Waals surface area contributed by atoms with Gasteiger partial charge < -0.3 is 9.80 Å². The zero-order valence-corrected chi connectivity index (χ0v) is 12.2. The fourth-order valence-electron chi connectivity index (χ4n) is 3.84. The lowest BCUT2D eigenvalue weighted by atomic mass is 9.78. The summed E-state index contributed by atoms with van der Waals surface area (Å²) in [7, 11) is 0. The number of nitrogens with zero attached hydrogens (tertiary/aromatic N) is 4. The second-order valence-corrected chi connectivity index (χ2v) is 6.96. The molecule has 0 aromatic carbocycles. The molecule has 0 amide bonds. The number of hydrogen-bond acceptors (Lipinski definition) is 4. The van der Waals surface area contributed by atoms with Crippen molar-refractivity contribution in [2.75, 3.05) is 37.6 Å². The van der Waals surface area contributed by atoms with Crippen molar-refractivity contribution in [3.63, 3.8) is 0 Å². The van der Waals surface area contributed by atoms with Crippen LogP contribution in [0.15, 0.2) is 18.5 Å². The minimum absolute atomic E-state index is 0.541. The molecule has 3 aliphatic rings. The molecular weight excluding hydrogens is 248 g/mol. The van der Waals surface area contributed by atoms with Crippen molar-refractivity contribution in [2.45, 2.75) is 32.1 Å². The quantitative estimate of drug-likeness (QED) is 0.844. The maximum absolute atomic E-state index is 4.41. The Morgan fingerprint density at radius 1 is 1.05 bits per heavy atom. The van der Waals surface area contributed by atoms with Crippen LogP contribution >= 0.6 is 0 Å². The Balaban J connectivity index is 1.36. The van der Waals surface area contributed by atoms with Crippen LogP contribution in [0.25, 0.3) is 0 Å². The van der Waals surface area contributed by atoms with Crippen molar-refractivity contribution in [3.8, 4) is 0 Å². The van der Waals surface area contributed by atoms with Crippen molar-refractivity contribution in [1.29, 1.82) is 0 Å². The second kappa shape index (κ2) is 4.99. The average Bonchev–Trinajstić information content (AvgIpc) is 3.22. The van der Waals surface area contributed by atoms with E-state index in [4.69, 9.17) is 0 Å². The SMILES string of the molecule is c1cnc(N2CCC3(CCN(CC4CC4)CC3)C2)nc1. The van der Waals surface area contributed by atoms with Gasteiger partial charge in [0.05, 0.1) is 0 Å². The summed E-state index contributed by atoms with van der Waals surface area (Å²) in [6, 6.07) is 1.89. The molecule has 20 heavy (non-hydrogen) atoms. The molecule has 1 aromatic rings. The molecule has 4 nitrogen and oxygen atoms in total. The Morgan fingerprint density at radius 2 is 1.75 bits per heavy atom. The molecule has 2 aliphatic heterocycles. The number of aromatic nitrogens is 2. The third-order valence-electron chi connectivity index (χ3n) is 5.40. The van der Waals surface area contributed by atoms with E-state index in [-0.39, 0.29) is 0 Å². The van der Waals surface area contributed by atoms with Crippen molar-refractivity contribution in [2.24, 2.45) is 11.3 Å². The highest BCUT2D eigenvalue weighted by Gasteiger charge is 2.41. The molecule has 2 saturated heterocycles. The maximum Gasteiger partial charge on any atom is 0.225 e. The molecular formula is C16H24N4. The van der Waals surface area contributed by atoms with Gasteiger partial charge in [-0.3, -0.25) is 0 Å². The molecule has 0 N–H and O–H groups in total. The maximum atomic E-state index is 4.41. The topological polar surface area (TPSA) is 32.3 Å². The largest absolute Gasteiger partial charge is 0.340 e. The normalized spacial score (nSPS) is 26.3. The van der Waals surface area contributed by atoms with Crippen LogP contribution in [0.2, 0.25) is 0 Å². The minimum atomic E-state index is 0.541. The van der Waals surface area contributed by atoms with E-state index in [1.807, 2.05) is 18.5 Å². The van der Waals surface area contributed by atoms with Gasteiger partial charge in [-0.1, -0.05) is 0 Å². The Kier molecular flexibility index (Phi) is 3.14. The smallest absolute Gasteiger partial charge is 0.225 e. The second-order valence-electron chi connectivity index (χ2n) is 6.96. The zero-order valence-electron chi connectivity index (χ0n) is 12.2. The molecule has 4 heteroatoms. The molecule has 1 aromatic heterocycles. The summed E-state index contributed by atoms with van der Waals surface area (Å²) in [5, 5.41) is 0. The van der Waals surface area contributed by atoms with E-state index in [0.717, 1.165) is 25.0 Å². The Morgan fingerprint density at radius 3 is 2.45 bits per heavy atom. The van der Waals surface area contributed by atoms with Gasteiger partial charge in [0.2, 0.25) is 5.95 Å². The van der Waals surface area contributed by atoms with Gasteiger partial charge in [0.25, 0.3) is 0 Å². The third kappa shape index (κ3) is 2.53. The van der Waals surface area contributed by atoms with Crippen LogP contribution in [-0.2, 0) is 0 Å². The molecule has 0 bridgehead atoms. The first-order valence-electron chi connectivity index (χ1n) is 8.07. The van der Waals surface area contributed by atoms with Crippen LogP contribution in [0.3, 0.4) is 0 Å². The lowest BCUT2D eigenvalue weighted by molar-refractivity contribution is 0.116. The van der Waals surface area contributed by atoms with Gasteiger partial charge in [-0.05, 0) is 62.6 Å². The van der Waals surface area contributed by atoms with Gasteiger partial charge in [0, 0.05) is 32.0 Å². The van der Waals surface area contributed by atoms with E-state index < -0.39 is 0 Å². The van der Waals surface area contributed by atoms with E-state index in [0.29, 0.717) is 5.41 Å². The molecule has 1 aliphatic carbocycles. The molecule has 3 fully saturated rings. The van der Waals surface area contributed by atoms with E-state index in [2.05, 4.69) is 19.8 Å². The van der Waals surface area contributed by atoms with Gasteiger partial charge in [0.1, 0.15) is 0 Å². The molecule has 108 valence electrons. The Hall–Kier alpha value is -1.16. The van der Waals surface area contributed by atoms with E-state index in [9.17, 15) is 0 Å². The minimum Gasteiger partial charge on any atom is -0.340 e. The van der Waals surface area contributed by atoms with Crippen molar-refractivity contribution < 1.29 is 0 Å². The highest BCUT2D eigenvalue weighted by Crippen LogP contribution is 2.42. The summed E-state index contributed by atoms with van der Waals surface area (Å²) in [6.45, 7) is 6.27. The molecule has 4 rings (SSSR count). The molecule has 0 unspecified atom stereocenters. The van der Waals surface area contributed by atoms with Crippen molar-refractivity contribution in [1.82, 2.24) is 14.9 Å². The lowest BCUT2D eigenvalue weighted by Crippen LogP contribution is -2.42. The fourth-order valence-corrected chi connectivity index (χ4v) is 3.84. The molecule has 1 spiro atoms. The first-order chi connectivity index (χ1) is 9.83. The van der Waals surface area contributed by atoms with Gasteiger partial charge in [0.15, 0.2) is 0 Å². The van der Waals surface area contributed by atoms with Gasteiger partial charge in [-0.2, -0.15) is 0 Å². The summed E-state index contributed by atoms with van der Waals surface area (Å²) in [4.78, 5) is 13.9. The van der Waals surface area contributed by atoms with E-state index >= 15 is 0 Å². The summed E-state index contributed by atoms with van der Waals surface area (Å²) < 4.78 is 0. The van der Waals surface area contributed by atoms with Gasteiger partial charge in [-0.25, -0.2) is 9.97 Å². The van der Waals surface area contributed by atoms with Crippen molar-refractivity contribution in [3.05, 3.63) is 18.5 Å². The molecule has 3 heterocycles. The summed E-state index contributed by atoms with van der Waals surface area (Å²) in [5.74, 6) is 1.95. The predicted molar refractivity (Wildman–Crippen MR) is 79.7 cm³/mol. The molecule has 0 radical (unpaired) electrons.